The van der Waals surface area contributed by atoms with Crippen LogP contribution in [0.3, 0.4) is 0 Å². The molecule has 26 heavy (non-hydrogen) atoms. The third-order valence-corrected chi connectivity index (χ3v) is 7.25. The minimum absolute atomic E-state index is 0.114. The molecule has 3 aromatic rings. The summed E-state index contributed by atoms with van der Waals surface area (Å²) in [6.07, 6.45) is 2.49. The van der Waals surface area contributed by atoms with Gasteiger partial charge in [0.2, 0.25) is 0 Å². The van der Waals surface area contributed by atoms with Gasteiger partial charge in [0.1, 0.15) is 9.17 Å². The van der Waals surface area contributed by atoms with E-state index in [4.69, 9.17) is 23.2 Å². The van der Waals surface area contributed by atoms with Crippen LogP contribution in [0.15, 0.2) is 34.7 Å². The zero-order chi connectivity index (χ0) is 18.8. The van der Waals surface area contributed by atoms with Gasteiger partial charge in [-0.2, -0.15) is 0 Å². The van der Waals surface area contributed by atoms with Gasteiger partial charge in [0.05, 0.1) is 15.5 Å². The fourth-order valence-electron chi connectivity index (χ4n) is 2.36. The number of thiophene rings is 2. The van der Waals surface area contributed by atoms with Crippen LogP contribution in [0.5, 0.6) is 0 Å². The van der Waals surface area contributed by atoms with Gasteiger partial charge in [-0.1, -0.05) is 48.0 Å². The van der Waals surface area contributed by atoms with E-state index in [1.54, 1.807) is 16.7 Å². The summed E-state index contributed by atoms with van der Waals surface area (Å²) in [5.74, 6) is -0.0310. The fraction of sp³-hybridized carbons (Fsp3) is 0.235. The molecule has 0 aromatic carbocycles. The summed E-state index contributed by atoms with van der Waals surface area (Å²) in [7, 11) is 0. The molecule has 3 rings (SSSR count). The molecule has 9 heteroatoms. The second-order valence-electron chi connectivity index (χ2n) is 5.33. The zero-order valence-corrected chi connectivity index (χ0v) is 17.7. The SMILES string of the molecule is C=CCn1c(SCC(=O)c2cc(Cl)sc2Cl)nc2sc(CC)cc2c1=O. The Balaban J connectivity index is 1.94. The van der Waals surface area contributed by atoms with Crippen LogP contribution < -0.4 is 5.56 Å². The predicted molar refractivity (Wildman–Crippen MR) is 113 cm³/mol. The van der Waals surface area contributed by atoms with Crippen molar-refractivity contribution < 1.29 is 4.79 Å². The van der Waals surface area contributed by atoms with Gasteiger partial charge < -0.3 is 0 Å². The van der Waals surface area contributed by atoms with Crippen molar-refractivity contribution in [2.24, 2.45) is 0 Å². The lowest BCUT2D eigenvalue weighted by atomic mass is 10.2. The number of carbonyl (C=O) groups is 1. The van der Waals surface area contributed by atoms with Crippen molar-refractivity contribution in [2.75, 3.05) is 5.75 Å². The van der Waals surface area contributed by atoms with Crippen molar-refractivity contribution in [2.45, 2.75) is 25.0 Å². The van der Waals surface area contributed by atoms with E-state index in [1.807, 2.05) is 13.0 Å². The lowest BCUT2D eigenvalue weighted by Gasteiger charge is -2.09. The standard InChI is InChI=1S/C17H14Cl2N2O2S3/c1-3-5-21-16(23)11-6-9(4-2)25-15(11)20-17(21)24-8-12(22)10-7-13(18)26-14(10)19/h3,6-7H,1,4-5,8H2,2H3. The summed E-state index contributed by atoms with van der Waals surface area (Å²) >= 11 is 15.8. The third kappa shape index (κ3) is 3.92. The number of carbonyl (C=O) groups excluding carboxylic acids is 1. The molecule has 0 saturated carbocycles. The topological polar surface area (TPSA) is 52.0 Å². The first-order valence-corrected chi connectivity index (χ1v) is 11.1. The number of rotatable bonds is 7. The number of aryl methyl sites for hydroxylation is 1. The van der Waals surface area contributed by atoms with Crippen molar-refractivity contribution in [1.29, 1.82) is 0 Å². The monoisotopic (exact) mass is 444 g/mol. The number of Topliss-reactive ketones (excluding diaryl/α,β-unsaturated/α-hetero) is 1. The molecule has 0 radical (unpaired) electrons. The molecule has 3 heterocycles. The molecule has 0 amide bonds. The average molecular weight is 445 g/mol. The summed E-state index contributed by atoms with van der Waals surface area (Å²) in [6, 6.07) is 3.46. The van der Waals surface area contributed by atoms with Gasteiger partial charge in [-0.15, -0.1) is 29.3 Å². The van der Waals surface area contributed by atoms with Crippen LogP contribution in [0.25, 0.3) is 10.2 Å². The second kappa shape index (κ2) is 8.27. The molecule has 0 aliphatic rings. The third-order valence-electron chi connectivity index (χ3n) is 3.62. The Morgan fingerprint density at radius 3 is 2.77 bits per heavy atom. The Morgan fingerprint density at radius 2 is 2.15 bits per heavy atom. The quantitative estimate of drug-likeness (QED) is 0.207. The molecule has 0 saturated heterocycles. The first kappa shape index (κ1) is 19.6. The van der Waals surface area contributed by atoms with Crippen molar-refractivity contribution in [3.05, 3.63) is 54.3 Å². The lowest BCUT2D eigenvalue weighted by molar-refractivity contribution is 0.102. The molecular weight excluding hydrogens is 431 g/mol. The van der Waals surface area contributed by atoms with Crippen molar-refractivity contribution in [1.82, 2.24) is 9.55 Å². The van der Waals surface area contributed by atoms with Crippen LogP contribution in [0, 0.1) is 0 Å². The van der Waals surface area contributed by atoms with Crippen molar-refractivity contribution in [3.63, 3.8) is 0 Å². The van der Waals surface area contributed by atoms with Crippen LogP contribution in [0.1, 0.15) is 22.2 Å². The minimum atomic E-state index is -0.150. The highest BCUT2D eigenvalue weighted by molar-refractivity contribution is 7.99. The molecule has 136 valence electrons. The molecule has 0 aliphatic carbocycles. The van der Waals surface area contributed by atoms with E-state index in [2.05, 4.69) is 11.6 Å². The first-order chi connectivity index (χ1) is 12.4. The Labute approximate surface area is 172 Å². The normalized spacial score (nSPS) is 11.2. The van der Waals surface area contributed by atoms with E-state index in [0.29, 0.717) is 36.2 Å². The fourth-order valence-corrected chi connectivity index (χ4v) is 5.76. The molecule has 0 aliphatic heterocycles. The van der Waals surface area contributed by atoms with Gasteiger partial charge in [0.25, 0.3) is 5.56 Å². The Bertz CT molecular complexity index is 1050. The number of fused-ring (bicyclic) bond motifs is 1. The number of allylic oxidation sites excluding steroid dienone is 1. The number of ketones is 1. The van der Waals surface area contributed by atoms with Gasteiger partial charge >= 0.3 is 0 Å². The number of halogens is 2. The highest BCUT2D eigenvalue weighted by atomic mass is 35.5. The van der Waals surface area contributed by atoms with Crippen molar-refractivity contribution in [3.8, 4) is 0 Å². The van der Waals surface area contributed by atoms with Gasteiger partial charge in [0, 0.05) is 17.0 Å². The smallest absolute Gasteiger partial charge is 0.263 e. The number of thioether (sulfide) groups is 1. The molecule has 0 spiro atoms. The number of hydrogen-bond acceptors (Lipinski definition) is 6. The molecule has 0 unspecified atom stereocenters. The molecular formula is C17H14Cl2N2O2S3. The maximum Gasteiger partial charge on any atom is 0.263 e. The first-order valence-electron chi connectivity index (χ1n) is 7.69. The molecule has 4 nitrogen and oxygen atoms in total. The van der Waals surface area contributed by atoms with E-state index in [0.717, 1.165) is 22.6 Å². The minimum Gasteiger partial charge on any atom is -0.293 e. The van der Waals surface area contributed by atoms with Crippen LogP contribution in [-0.4, -0.2) is 21.1 Å². The molecule has 0 bridgehead atoms. The van der Waals surface area contributed by atoms with Gasteiger partial charge in [-0.05, 0) is 18.6 Å². The van der Waals surface area contributed by atoms with E-state index in [1.165, 1.54) is 23.1 Å². The van der Waals surface area contributed by atoms with E-state index < -0.39 is 0 Å². The number of nitrogens with zero attached hydrogens (tertiary/aromatic N) is 2. The van der Waals surface area contributed by atoms with Gasteiger partial charge in [-0.3, -0.25) is 14.2 Å². The molecule has 0 fully saturated rings. The van der Waals surface area contributed by atoms with Crippen LogP contribution in [0.2, 0.25) is 8.67 Å². The van der Waals surface area contributed by atoms with Crippen LogP contribution in [0.4, 0.5) is 0 Å². The van der Waals surface area contributed by atoms with Crippen molar-refractivity contribution >= 4 is 73.6 Å². The second-order valence-corrected chi connectivity index (χ2v) is 9.68. The summed E-state index contributed by atoms with van der Waals surface area (Å²) < 4.78 is 2.39. The van der Waals surface area contributed by atoms with E-state index in [-0.39, 0.29) is 17.1 Å². The highest BCUT2D eigenvalue weighted by Crippen LogP contribution is 2.32. The molecule has 3 aromatic heterocycles. The summed E-state index contributed by atoms with van der Waals surface area (Å²) in [4.78, 5) is 31.6. The van der Waals surface area contributed by atoms with Crippen LogP contribution in [-0.2, 0) is 13.0 Å². The van der Waals surface area contributed by atoms with E-state index in [9.17, 15) is 9.59 Å². The van der Waals surface area contributed by atoms with E-state index >= 15 is 0 Å². The Hall–Kier alpha value is -1.12. The Morgan fingerprint density at radius 1 is 1.38 bits per heavy atom. The summed E-state index contributed by atoms with van der Waals surface area (Å²) in [6.45, 7) is 6.08. The zero-order valence-electron chi connectivity index (χ0n) is 13.8. The van der Waals surface area contributed by atoms with Crippen LogP contribution >= 0.6 is 57.6 Å². The summed E-state index contributed by atoms with van der Waals surface area (Å²) in [5.41, 5.74) is 0.287. The van der Waals surface area contributed by atoms with Gasteiger partial charge in [0.15, 0.2) is 10.9 Å². The lowest BCUT2D eigenvalue weighted by Crippen LogP contribution is -2.22. The number of hydrogen-bond donors (Lipinski definition) is 0. The Kier molecular flexibility index (Phi) is 6.25. The maximum atomic E-state index is 12.8. The molecule has 0 N–H and O–H groups in total. The van der Waals surface area contributed by atoms with Gasteiger partial charge in [-0.25, -0.2) is 4.98 Å². The molecule has 0 atom stereocenters. The summed E-state index contributed by atoms with van der Waals surface area (Å²) in [5, 5.41) is 1.11. The number of aromatic nitrogens is 2. The highest BCUT2D eigenvalue weighted by Gasteiger charge is 2.18. The maximum absolute atomic E-state index is 12.8. The largest absolute Gasteiger partial charge is 0.293 e. The average Bonchev–Trinajstić information content (AvgIpc) is 3.18. The predicted octanol–water partition coefficient (Wildman–Crippen LogP) is 5.55.